The zero-order chi connectivity index (χ0) is 18.0. The number of hydrogen-bond donors (Lipinski definition) is 1. The summed E-state index contributed by atoms with van der Waals surface area (Å²) in [5, 5.41) is 7.53. The number of carbonyl (C=O) groups excluding carboxylic acids is 1. The SMILES string of the molecule is CC(NC(=O)Cn1nc(-c2ccco2)oc1=O)c1ccc(Cl)c(Cl)c1. The Labute approximate surface area is 152 Å². The molecule has 1 amide bonds. The second-order valence-electron chi connectivity index (χ2n) is 5.27. The van der Waals surface area contributed by atoms with Crippen molar-refractivity contribution in [2.45, 2.75) is 19.5 Å². The molecule has 25 heavy (non-hydrogen) atoms. The summed E-state index contributed by atoms with van der Waals surface area (Å²) < 4.78 is 11.0. The quantitative estimate of drug-likeness (QED) is 0.732. The Kier molecular flexibility index (Phi) is 4.96. The molecule has 3 rings (SSSR count). The van der Waals surface area contributed by atoms with Crippen LogP contribution in [0.3, 0.4) is 0 Å². The third-order valence-electron chi connectivity index (χ3n) is 3.45. The first kappa shape index (κ1) is 17.3. The molecule has 0 fully saturated rings. The lowest BCUT2D eigenvalue weighted by Crippen LogP contribution is -2.33. The Morgan fingerprint density at radius 3 is 2.80 bits per heavy atom. The van der Waals surface area contributed by atoms with Gasteiger partial charge in [0.05, 0.1) is 22.4 Å². The molecule has 0 saturated carbocycles. The Hall–Kier alpha value is -2.51. The highest BCUT2D eigenvalue weighted by Gasteiger charge is 2.16. The van der Waals surface area contributed by atoms with Crippen molar-refractivity contribution in [3.63, 3.8) is 0 Å². The number of furan rings is 1. The maximum absolute atomic E-state index is 12.2. The van der Waals surface area contributed by atoms with Crippen LogP contribution in [0.5, 0.6) is 0 Å². The molecule has 7 nitrogen and oxygen atoms in total. The number of carbonyl (C=O) groups is 1. The van der Waals surface area contributed by atoms with Gasteiger partial charge in [-0.3, -0.25) is 4.79 Å². The molecule has 3 aromatic rings. The maximum Gasteiger partial charge on any atom is 0.437 e. The predicted octanol–water partition coefficient (Wildman–Crippen LogP) is 3.28. The Bertz CT molecular complexity index is 947. The van der Waals surface area contributed by atoms with Crippen molar-refractivity contribution >= 4 is 29.1 Å². The number of nitrogens with one attached hydrogen (secondary N) is 1. The van der Waals surface area contributed by atoms with Gasteiger partial charge in [0.15, 0.2) is 5.76 Å². The van der Waals surface area contributed by atoms with Gasteiger partial charge >= 0.3 is 5.76 Å². The minimum Gasteiger partial charge on any atom is -0.459 e. The van der Waals surface area contributed by atoms with Crippen molar-refractivity contribution in [2.75, 3.05) is 0 Å². The largest absolute Gasteiger partial charge is 0.459 e. The first-order chi connectivity index (χ1) is 11.9. The molecule has 2 aromatic heterocycles. The molecule has 0 aliphatic heterocycles. The highest BCUT2D eigenvalue weighted by Crippen LogP contribution is 2.25. The monoisotopic (exact) mass is 381 g/mol. The first-order valence-corrected chi connectivity index (χ1v) is 8.06. The minimum absolute atomic E-state index is 0.0142. The zero-order valence-electron chi connectivity index (χ0n) is 13.0. The van der Waals surface area contributed by atoms with E-state index in [1.807, 2.05) is 0 Å². The van der Waals surface area contributed by atoms with Crippen LogP contribution in [0.1, 0.15) is 18.5 Å². The van der Waals surface area contributed by atoms with Crippen LogP contribution < -0.4 is 11.1 Å². The van der Waals surface area contributed by atoms with Gasteiger partial charge in [0.25, 0.3) is 5.89 Å². The van der Waals surface area contributed by atoms with Crippen LogP contribution in [0.15, 0.2) is 50.2 Å². The average molecular weight is 382 g/mol. The zero-order valence-corrected chi connectivity index (χ0v) is 14.5. The average Bonchev–Trinajstić information content (AvgIpc) is 3.20. The molecule has 130 valence electrons. The predicted molar refractivity (Wildman–Crippen MR) is 91.5 cm³/mol. The van der Waals surface area contributed by atoms with Crippen molar-refractivity contribution in [3.8, 4) is 11.7 Å². The van der Waals surface area contributed by atoms with Gasteiger partial charge in [-0.15, -0.1) is 5.10 Å². The van der Waals surface area contributed by atoms with Gasteiger partial charge in [-0.05, 0) is 36.8 Å². The fourth-order valence-electron chi connectivity index (χ4n) is 2.19. The lowest BCUT2D eigenvalue weighted by atomic mass is 10.1. The van der Waals surface area contributed by atoms with Crippen molar-refractivity contribution < 1.29 is 13.6 Å². The van der Waals surface area contributed by atoms with Crippen molar-refractivity contribution in [1.82, 2.24) is 15.1 Å². The number of amides is 1. The lowest BCUT2D eigenvalue weighted by Gasteiger charge is -2.14. The summed E-state index contributed by atoms with van der Waals surface area (Å²) in [6, 6.07) is 8.00. The molecule has 2 heterocycles. The topological polar surface area (TPSA) is 90.3 Å². The maximum atomic E-state index is 12.2. The molecule has 0 aliphatic carbocycles. The number of hydrogen-bond acceptors (Lipinski definition) is 5. The summed E-state index contributed by atoms with van der Waals surface area (Å²) in [7, 11) is 0. The van der Waals surface area contributed by atoms with Gasteiger partial charge in [-0.25, -0.2) is 4.79 Å². The second-order valence-corrected chi connectivity index (χ2v) is 6.09. The van der Waals surface area contributed by atoms with E-state index in [1.165, 1.54) is 6.26 Å². The van der Waals surface area contributed by atoms with Crippen LogP contribution >= 0.6 is 23.2 Å². The van der Waals surface area contributed by atoms with Gasteiger partial charge in [-0.2, -0.15) is 4.68 Å². The summed E-state index contributed by atoms with van der Waals surface area (Å²) in [5.41, 5.74) is 0.784. The Morgan fingerprint density at radius 2 is 2.12 bits per heavy atom. The molecule has 0 saturated heterocycles. The van der Waals surface area contributed by atoms with Gasteiger partial charge in [0, 0.05) is 0 Å². The number of benzene rings is 1. The van der Waals surface area contributed by atoms with E-state index in [4.69, 9.17) is 32.0 Å². The summed E-state index contributed by atoms with van der Waals surface area (Å²) in [5.74, 6) is -0.829. The van der Waals surface area contributed by atoms with Crippen LogP contribution in [0.2, 0.25) is 10.0 Å². The summed E-state index contributed by atoms with van der Waals surface area (Å²) in [6.45, 7) is 1.51. The molecule has 1 N–H and O–H groups in total. The first-order valence-electron chi connectivity index (χ1n) is 7.30. The van der Waals surface area contributed by atoms with Crippen LogP contribution in [0.25, 0.3) is 11.7 Å². The molecule has 1 unspecified atom stereocenters. The Morgan fingerprint density at radius 1 is 1.32 bits per heavy atom. The number of nitrogens with zero attached hydrogens (tertiary/aromatic N) is 2. The van der Waals surface area contributed by atoms with E-state index in [2.05, 4.69) is 10.4 Å². The van der Waals surface area contributed by atoms with E-state index in [0.717, 1.165) is 10.2 Å². The molecule has 1 aromatic carbocycles. The summed E-state index contributed by atoms with van der Waals surface area (Å²) in [4.78, 5) is 23.9. The van der Waals surface area contributed by atoms with Crippen molar-refractivity contribution in [3.05, 3.63) is 62.8 Å². The minimum atomic E-state index is -0.747. The molecule has 0 bridgehead atoms. The Balaban J connectivity index is 1.68. The fraction of sp³-hybridized carbons (Fsp3) is 0.188. The molecular formula is C16H13Cl2N3O4. The number of aromatic nitrogens is 2. The molecule has 0 aliphatic rings. The van der Waals surface area contributed by atoms with Crippen LogP contribution in [-0.2, 0) is 11.3 Å². The van der Waals surface area contributed by atoms with Crippen molar-refractivity contribution in [2.24, 2.45) is 0 Å². The smallest absolute Gasteiger partial charge is 0.437 e. The van der Waals surface area contributed by atoms with Crippen LogP contribution in [0, 0.1) is 0 Å². The number of rotatable bonds is 5. The molecule has 0 spiro atoms. The normalized spacial score (nSPS) is 12.1. The molecule has 1 atom stereocenters. The van der Waals surface area contributed by atoms with Crippen LogP contribution in [-0.4, -0.2) is 15.7 Å². The summed E-state index contributed by atoms with van der Waals surface area (Å²) >= 11 is 11.9. The highest BCUT2D eigenvalue weighted by atomic mass is 35.5. The second kappa shape index (κ2) is 7.16. The van der Waals surface area contributed by atoms with Gasteiger partial charge in [0.1, 0.15) is 6.54 Å². The van der Waals surface area contributed by atoms with Gasteiger partial charge in [0.2, 0.25) is 5.91 Å². The summed E-state index contributed by atoms with van der Waals surface area (Å²) in [6.07, 6.45) is 1.43. The standard InChI is InChI=1S/C16H13Cl2N3O4/c1-9(10-4-5-11(17)12(18)7-10)19-14(22)8-21-16(23)25-15(20-21)13-3-2-6-24-13/h2-7,9H,8H2,1H3,(H,19,22). The third kappa shape index (κ3) is 3.94. The van der Waals surface area contributed by atoms with E-state index in [9.17, 15) is 9.59 Å². The van der Waals surface area contributed by atoms with Crippen LogP contribution in [0.4, 0.5) is 0 Å². The highest BCUT2D eigenvalue weighted by molar-refractivity contribution is 6.42. The van der Waals surface area contributed by atoms with Crippen molar-refractivity contribution in [1.29, 1.82) is 0 Å². The van der Waals surface area contributed by atoms with E-state index in [-0.39, 0.29) is 18.5 Å². The fourth-order valence-corrected chi connectivity index (χ4v) is 2.50. The molecule has 0 radical (unpaired) electrons. The molecule has 9 heteroatoms. The van der Waals surface area contributed by atoms with Gasteiger partial charge in [-0.1, -0.05) is 29.3 Å². The lowest BCUT2D eigenvalue weighted by molar-refractivity contribution is -0.122. The van der Waals surface area contributed by atoms with E-state index in [1.54, 1.807) is 37.3 Å². The van der Waals surface area contributed by atoms with E-state index in [0.29, 0.717) is 15.8 Å². The van der Waals surface area contributed by atoms with Gasteiger partial charge < -0.3 is 14.2 Å². The van der Waals surface area contributed by atoms with E-state index >= 15 is 0 Å². The van der Waals surface area contributed by atoms with E-state index < -0.39 is 11.7 Å². The molecular weight excluding hydrogens is 369 g/mol. The number of halogens is 2. The third-order valence-corrected chi connectivity index (χ3v) is 4.19.